The number of nitro benzene ring substituents is 1. The fourth-order valence-corrected chi connectivity index (χ4v) is 3.47. The van der Waals surface area contributed by atoms with Crippen LogP contribution in [0.4, 0.5) is 11.4 Å². The first-order valence-electron chi connectivity index (χ1n) is 7.43. The molecule has 4 nitrogen and oxygen atoms in total. The van der Waals surface area contributed by atoms with Gasteiger partial charge < -0.3 is 0 Å². The van der Waals surface area contributed by atoms with Gasteiger partial charge in [0.05, 0.1) is 15.5 Å². The van der Waals surface area contributed by atoms with Crippen molar-refractivity contribution >= 4 is 45.3 Å². The summed E-state index contributed by atoms with van der Waals surface area (Å²) in [6.07, 6.45) is 1.63. The summed E-state index contributed by atoms with van der Waals surface area (Å²) in [5.74, 6) is 0. The lowest BCUT2D eigenvalue weighted by Gasteiger charge is -2.04. The molecule has 0 saturated carbocycles. The highest BCUT2D eigenvalue weighted by Gasteiger charge is 2.15. The molecule has 0 atom stereocenters. The summed E-state index contributed by atoms with van der Waals surface area (Å²) in [7, 11) is 0. The smallest absolute Gasteiger partial charge is 0.258 e. The van der Waals surface area contributed by atoms with Crippen LogP contribution in [0.3, 0.4) is 0 Å². The zero-order valence-corrected chi connectivity index (χ0v) is 15.4. The molecule has 0 aliphatic carbocycles. The lowest BCUT2D eigenvalue weighted by atomic mass is 10.2. The molecule has 0 N–H and O–H groups in total. The van der Waals surface area contributed by atoms with Gasteiger partial charge in [-0.15, -0.1) is 0 Å². The van der Waals surface area contributed by atoms with Gasteiger partial charge in [0.1, 0.15) is 0 Å². The molecule has 0 spiro atoms. The molecule has 0 radical (unpaired) electrons. The van der Waals surface area contributed by atoms with Gasteiger partial charge in [-0.3, -0.25) is 15.1 Å². The van der Waals surface area contributed by atoms with E-state index in [1.165, 1.54) is 11.8 Å². The molecular formula is C19H13BrN2O2S. The van der Waals surface area contributed by atoms with E-state index in [2.05, 4.69) is 20.9 Å². The summed E-state index contributed by atoms with van der Waals surface area (Å²) in [5, 5.41) is 11.4. The highest BCUT2D eigenvalue weighted by Crippen LogP contribution is 2.35. The molecule has 0 fully saturated rings. The Hall–Kier alpha value is -2.44. The van der Waals surface area contributed by atoms with E-state index in [9.17, 15) is 10.1 Å². The first-order valence-corrected chi connectivity index (χ1v) is 9.04. The molecule has 0 aliphatic rings. The van der Waals surface area contributed by atoms with Crippen molar-refractivity contribution in [3.05, 3.63) is 92.9 Å². The van der Waals surface area contributed by atoms with Crippen molar-refractivity contribution in [1.29, 1.82) is 0 Å². The van der Waals surface area contributed by atoms with Gasteiger partial charge >= 0.3 is 0 Å². The minimum Gasteiger partial charge on any atom is -0.258 e. The van der Waals surface area contributed by atoms with Gasteiger partial charge in [0.2, 0.25) is 0 Å². The second-order valence-electron chi connectivity index (χ2n) is 5.14. The lowest BCUT2D eigenvalue weighted by Crippen LogP contribution is -1.93. The number of aliphatic imine (C=N–C) groups is 1. The van der Waals surface area contributed by atoms with Crippen LogP contribution in [0, 0.1) is 10.1 Å². The van der Waals surface area contributed by atoms with Crippen LogP contribution in [0.2, 0.25) is 0 Å². The van der Waals surface area contributed by atoms with Gasteiger partial charge in [-0.1, -0.05) is 58.0 Å². The minimum absolute atomic E-state index is 0.0760. The Labute approximate surface area is 157 Å². The molecule has 25 heavy (non-hydrogen) atoms. The third kappa shape index (κ3) is 4.78. The average Bonchev–Trinajstić information content (AvgIpc) is 2.61. The van der Waals surface area contributed by atoms with E-state index in [0.717, 1.165) is 15.1 Å². The standard InChI is InChI=1S/C19H13BrN2O2S/c20-15-5-4-6-16(12-15)21-13-14-9-10-19(18(11-14)22(23)24)25-17-7-2-1-3-8-17/h1-13H. The number of rotatable bonds is 5. The zero-order valence-electron chi connectivity index (χ0n) is 13.0. The average molecular weight is 413 g/mol. The van der Waals surface area contributed by atoms with E-state index in [0.29, 0.717) is 10.5 Å². The monoisotopic (exact) mass is 412 g/mol. The number of hydrogen-bond donors (Lipinski definition) is 0. The van der Waals surface area contributed by atoms with Crippen LogP contribution in [0.25, 0.3) is 0 Å². The minimum atomic E-state index is -0.359. The van der Waals surface area contributed by atoms with Crippen molar-refractivity contribution in [2.75, 3.05) is 0 Å². The molecule has 6 heteroatoms. The maximum atomic E-state index is 11.4. The van der Waals surface area contributed by atoms with Crippen molar-refractivity contribution in [3.63, 3.8) is 0 Å². The third-order valence-corrected chi connectivity index (χ3v) is 4.89. The summed E-state index contributed by atoms with van der Waals surface area (Å²) in [5.41, 5.74) is 1.54. The molecule has 0 aromatic heterocycles. The molecule has 3 rings (SSSR count). The summed E-state index contributed by atoms with van der Waals surface area (Å²) in [6, 6.07) is 22.3. The van der Waals surface area contributed by atoms with Gasteiger partial charge in [-0.2, -0.15) is 0 Å². The fourth-order valence-electron chi connectivity index (χ4n) is 2.16. The first-order chi connectivity index (χ1) is 12.1. The summed E-state index contributed by atoms with van der Waals surface area (Å²) in [6.45, 7) is 0. The molecule has 0 amide bonds. The number of halogens is 1. The number of benzene rings is 3. The van der Waals surface area contributed by atoms with Crippen LogP contribution in [0.1, 0.15) is 5.56 Å². The van der Waals surface area contributed by atoms with Crippen molar-refractivity contribution in [2.24, 2.45) is 4.99 Å². The Morgan fingerprint density at radius 2 is 1.80 bits per heavy atom. The number of nitrogens with zero attached hydrogens (tertiary/aromatic N) is 2. The Morgan fingerprint density at radius 1 is 1.00 bits per heavy atom. The molecule has 0 bridgehead atoms. The Kier molecular flexibility index (Phi) is 5.63. The van der Waals surface area contributed by atoms with E-state index in [1.807, 2.05) is 60.7 Å². The van der Waals surface area contributed by atoms with Crippen molar-refractivity contribution in [3.8, 4) is 0 Å². The van der Waals surface area contributed by atoms with Crippen LogP contribution < -0.4 is 0 Å². The second-order valence-corrected chi connectivity index (χ2v) is 7.17. The van der Waals surface area contributed by atoms with E-state index in [-0.39, 0.29) is 10.6 Å². The largest absolute Gasteiger partial charge is 0.283 e. The first kappa shape index (κ1) is 17.4. The van der Waals surface area contributed by atoms with E-state index < -0.39 is 0 Å². The van der Waals surface area contributed by atoms with Crippen LogP contribution >= 0.6 is 27.7 Å². The summed E-state index contributed by atoms with van der Waals surface area (Å²) >= 11 is 4.77. The maximum absolute atomic E-state index is 11.4. The van der Waals surface area contributed by atoms with E-state index in [1.54, 1.807) is 18.3 Å². The highest BCUT2D eigenvalue weighted by molar-refractivity contribution is 9.10. The molecule has 0 unspecified atom stereocenters. The second kappa shape index (κ2) is 8.09. The fraction of sp³-hybridized carbons (Fsp3) is 0. The Balaban J connectivity index is 1.87. The molecule has 0 saturated heterocycles. The zero-order chi connectivity index (χ0) is 17.6. The van der Waals surface area contributed by atoms with Crippen LogP contribution in [0.5, 0.6) is 0 Å². The van der Waals surface area contributed by atoms with Crippen LogP contribution in [-0.4, -0.2) is 11.1 Å². The van der Waals surface area contributed by atoms with Crippen LogP contribution in [-0.2, 0) is 0 Å². The van der Waals surface area contributed by atoms with Gasteiger partial charge in [0.15, 0.2) is 0 Å². The predicted octanol–water partition coefficient (Wildman–Crippen LogP) is 6.26. The maximum Gasteiger partial charge on any atom is 0.283 e. The molecule has 0 aliphatic heterocycles. The normalized spacial score (nSPS) is 10.9. The van der Waals surface area contributed by atoms with Gasteiger partial charge in [-0.25, -0.2) is 0 Å². The Morgan fingerprint density at radius 3 is 2.52 bits per heavy atom. The Bertz CT molecular complexity index is 930. The quantitative estimate of drug-likeness (QED) is 0.282. The molecule has 3 aromatic rings. The predicted molar refractivity (Wildman–Crippen MR) is 105 cm³/mol. The van der Waals surface area contributed by atoms with Crippen molar-refractivity contribution in [2.45, 2.75) is 9.79 Å². The lowest BCUT2D eigenvalue weighted by molar-refractivity contribution is -0.387. The van der Waals surface area contributed by atoms with Crippen LogP contribution in [0.15, 0.2) is 92.1 Å². The topological polar surface area (TPSA) is 55.5 Å². The van der Waals surface area contributed by atoms with Gasteiger partial charge in [-0.05, 0) is 42.0 Å². The van der Waals surface area contributed by atoms with Crippen molar-refractivity contribution < 1.29 is 4.92 Å². The van der Waals surface area contributed by atoms with Gasteiger partial charge in [0.25, 0.3) is 5.69 Å². The third-order valence-electron chi connectivity index (χ3n) is 3.32. The number of nitro groups is 1. The van der Waals surface area contributed by atoms with Gasteiger partial charge in [0, 0.05) is 21.6 Å². The molecule has 3 aromatic carbocycles. The molecule has 0 heterocycles. The highest BCUT2D eigenvalue weighted by atomic mass is 79.9. The van der Waals surface area contributed by atoms with Crippen molar-refractivity contribution in [1.82, 2.24) is 0 Å². The molecular weight excluding hydrogens is 400 g/mol. The SMILES string of the molecule is O=[N+]([O-])c1cc(C=Nc2cccc(Br)c2)ccc1Sc1ccccc1. The van der Waals surface area contributed by atoms with E-state index in [4.69, 9.17) is 0 Å². The summed E-state index contributed by atoms with van der Waals surface area (Å²) < 4.78 is 0.933. The number of hydrogen-bond acceptors (Lipinski definition) is 4. The summed E-state index contributed by atoms with van der Waals surface area (Å²) in [4.78, 5) is 17.0. The molecule has 124 valence electrons. The van der Waals surface area contributed by atoms with E-state index >= 15 is 0 Å².